The molecule has 0 aliphatic carbocycles. The van der Waals surface area contributed by atoms with E-state index in [4.69, 9.17) is 0 Å². The van der Waals surface area contributed by atoms with Crippen molar-refractivity contribution in [2.45, 2.75) is 19.9 Å². The molecule has 1 nitrogen and oxygen atoms in total. The van der Waals surface area contributed by atoms with Gasteiger partial charge >= 0.3 is 0 Å². The zero-order chi connectivity index (χ0) is 14.0. The molecule has 102 valence electrons. The molecule has 0 bridgehead atoms. The first-order valence-corrected chi connectivity index (χ1v) is 9.20. The minimum absolute atomic E-state index is 0.400. The Bertz CT molecular complexity index is 557. The Labute approximate surface area is 143 Å². The zero-order valence-electron chi connectivity index (χ0n) is 10.6. The summed E-state index contributed by atoms with van der Waals surface area (Å²) in [6.07, 6.45) is 0. The van der Waals surface area contributed by atoms with E-state index in [0.29, 0.717) is 6.04 Å². The van der Waals surface area contributed by atoms with Gasteiger partial charge in [-0.2, -0.15) is 0 Å². The summed E-state index contributed by atoms with van der Waals surface area (Å²) in [4.78, 5) is 2.63. The van der Waals surface area contributed by atoms with Crippen LogP contribution in [0.5, 0.6) is 0 Å². The lowest BCUT2D eigenvalue weighted by molar-refractivity contribution is 0.607. The Morgan fingerprint density at radius 1 is 1.16 bits per heavy atom. The summed E-state index contributed by atoms with van der Waals surface area (Å²) in [5.74, 6) is 0. The molecule has 2 aromatic rings. The molecule has 1 aromatic heterocycles. The molecule has 1 unspecified atom stereocenters. The molecule has 1 aromatic carbocycles. The Kier molecular flexibility index (Phi) is 5.66. The molecule has 0 spiro atoms. The van der Waals surface area contributed by atoms with E-state index in [-0.39, 0.29) is 0 Å². The second-order valence-electron chi connectivity index (χ2n) is 4.23. The third kappa shape index (κ3) is 3.70. The van der Waals surface area contributed by atoms with Gasteiger partial charge in [-0.15, -0.1) is 11.3 Å². The second kappa shape index (κ2) is 6.85. The predicted octanol–water partition coefficient (Wildman–Crippen LogP) is 6.37. The summed E-state index contributed by atoms with van der Waals surface area (Å²) in [7, 11) is 0. The number of nitrogens with one attached hydrogen (secondary N) is 1. The van der Waals surface area contributed by atoms with Gasteiger partial charge in [0.1, 0.15) is 0 Å². The predicted molar refractivity (Wildman–Crippen MR) is 94.9 cm³/mol. The average molecular weight is 468 g/mol. The van der Waals surface area contributed by atoms with Crippen molar-refractivity contribution in [1.82, 2.24) is 5.32 Å². The Morgan fingerprint density at radius 2 is 1.79 bits per heavy atom. The van der Waals surface area contributed by atoms with Crippen LogP contribution in [-0.4, -0.2) is 6.54 Å². The minimum atomic E-state index is 0.400. The minimum Gasteiger partial charge on any atom is -0.310 e. The summed E-state index contributed by atoms with van der Waals surface area (Å²) >= 11 is 12.6. The molecular weight excluding hydrogens is 454 g/mol. The van der Waals surface area contributed by atoms with Gasteiger partial charge in [0.15, 0.2) is 0 Å². The second-order valence-corrected chi connectivity index (χ2v) is 7.97. The lowest BCUT2D eigenvalue weighted by atomic mass is 10.2. The fourth-order valence-corrected chi connectivity index (χ4v) is 5.96. The molecule has 5 heteroatoms. The van der Waals surface area contributed by atoms with Crippen LogP contribution >= 0.6 is 59.1 Å². The van der Waals surface area contributed by atoms with Crippen molar-refractivity contribution in [2.24, 2.45) is 0 Å². The van der Waals surface area contributed by atoms with Gasteiger partial charge < -0.3 is 5.32 Å². The molecule has 1 N–H and O–H groups in total. The SMILES string of the molecule is CCNC(C)c1ccc(-c2c(Br)cc(Br)cc2Br)s1. The molecule has 0 radical (unpaired) electrons. The Hall–Kier alpha value is 0.320. The highest BCUT2D eigenvalue weighted by atomic mass is 79.9. The van der Waals surface area contributed by atoms with Gasteiger partial charge in [-0.25, -0.2) is 0 Å². The normalized spacial score (nSPS) is 12.7. The number of benzene rings is 1. The highest BCUT2D eigenvalue weighted by Crippen LogP contribution is 2.41. The maximum Gasteiger partial charge on any atom is 0.0386 e. The van der Waals surface area contributed by atoms with Gasteiger partial charge in [-0.05, 0) is 37.7 Å². The number of hydrogen-bond donors (Lipinski definition) is 1. The van der Waals surface area contributed by atoms with Gasteiger partial charge in [-0.1, -0.05) is 54.7 Å². The van der Waals surface area contributed by atoms with Gasteiger partial charge in [0.25, 0.3) is 0 Å². The van der Waals surface area contributed by atoms with Crippen LogP contribution in [0.2, 0.25) is 0 Å². The number of halogens is 3. The molecule has 2 rings (SSSR count). The lowest BCUT2D eigenvalue weighted by Gasteiger charge is -2.09. The Balaban J connectivity index is 2.38. The maximum atomic E-state index is 3.64. The van der Waals surface area contributed by atoms with Crippen molar-refractivity contribution >= 4 is 59.1 Å². The summed E-state index contributed by atoms with van der Waals surface area (Å²) in [5.41, 5.74) is 1.21. The van der Waals surface area contributed by atoms with E-state index >= 15 is 0 Å². The van der Waals surface area contributed by atoms with Crippen molar-refractivity contribution in [3.63, 3.8) is 0 Å². The lowest BCUT2D eigenvalue weighted by Crippen LogP contribution is -2.16. The summed E-state index contributed by atoms with van der Waals surface area (Å²) in [6.45, 7) is 5.32. The molecule has 0 fully saturated rings. The van der Waals surface area contributed by atoms with Crippen molar-refractivity contribution in [1.29, 1.82) is 0 Å². The summed E-state index contributed by atoms with van der Waals surface area (Å²) < 4.78 is 3.25. The van der Waals surface area contributed by atoms with Gasteiger partial charge in [-0.3, -0.25) is 0 Å². The monoisotopic (exact) mass is 465 g/mol. The fourth-order valence-electron chi connectivity index (χ4n) is 1.90. The number of thiophene rings is 1. The summed E-state index contributed by atoms with van der Waals surface area (Å²) in [6, 6.07) is 8.94. The van der Waals surface area contributed by atoms with E-state index < -0.39 is 0 Å². The first kappa shape index (κ1) is 15.7. The first-order valence-electron chi connectivity index (χ1n) is 6.01. The van der Waals surface area contributed by atoms with Crippen LogP contribution in [0.1, 0.15) is 24.8 Å². The molecule has 0 aliphatic rings. The zero-order valence-corrected chi connectivity index (χ0v) is 16.2. The van der Waals surface area contributed by atoms with E-state index in [1.807, 2.05) is 11.3 Å². The van der Waals surface area contributed by atoms with Gasteiger partial charge in [0.05, 0.1) is 0 Å². The van der Waals surface area contributed by atoms with Crippen LogP contribution in [-0.2, 0) is 0 Å². The number of rotatable bonds is 4. The first-order chi connectivity index (χ1) is 9.02. The molecule has 0 saturated carbocycles. The van der Waals surface area contributed by atoms with Crippen molar-refractivity contribution in [3.8, 4) is 10.4 Å². The third-order valence-corrected chi connectivity index (χ3v) is 5.81. The number of hydrogen-bond acceptors (Lipinski definition) is 2. The molecular formula is C14H14Br3NS. The van der Waals surface area contributed by atoms with E-state index in [1.54, 1.807) is 0 Å². The van der Waals surface area contributed by atoms with Crippen LogP contribution in [0.15, 0.2) is 37.7 Å². The molecule has 0 amide bonds. The van der Waals surface area contributed by atoms with Gasteiger partial charge in [0, 0.05) is 34.8 Å². The standard InChI is InChI=1S/C14H14Br3NS/c1-3-18-8(2)12-4-5-13(19-12)14-10(16)6-9(15)7-11(14)17/h4-8,18H,3H2,1-2H3. The fraction of sp³-hybridized carbons (Fsp3) is 0.286. The molecule has 0 saturated heterocycles. The quantitative estimate of drug-likeness (QED) is 0.550. The topological polar surface area (TPSA) is 12.0 Å². The van der Waals surface area contributed by atoms with Crippen molar-refractivity contribution in [3.05, 3.63) is 42.6 Å². The Morgan fingerprint density at radius 3 is 2.37 bits per heavy atom. The van der Waals surface area contributed by atoms with E-state index in [1.165, 1.54) is 15.3 Å². The maximum absolute atomic E-state index is 3.64. The van der Waals surface area contributed by atoms with E-state index in [2.05, 4.69) is 91.2 Å². The molecule has 1 atom stereocenters. The van der Waals surface area contributed by atoms with Crippen LogP contribution in [0.4, 0.5) is 0 Å². The third-order valence-electron chi connectivity index (χ3n) is 2.82. The van der Waals surface area contributed by atoms with Crippen molar-refractivity contribution in [2.75, 3.05) is 6.54 Å². The van der Waals surface area contributed by atoms with Gasteiger partial charge in [0.2, 0.25) is 0 Å². The van der Waals surface area contributed by atoms with Crippen LogP contribution in [0, 0.1) is 0 Å². The smallest absolute Gasteiger partial charge is 0.0386 e. The van der Waals surface area contributed by atoms with Crippen molar-refractivity contribution < 1.29 is 0 Å². The molecule has 19 heavy (non-hydrogen) atoms. The molecule has 1 heterocycles. The molecule has 0 aliphatic heterocycles. The highest BCUT2D eigenvalue weighted by Gasteiger charge is 2.13. The average Bonchev–Trinajstić information content (AvgIpc) is 2.77. The van der Waals surface area contributed by atoms with E-state index in [9.17, 15) is 0 Å². The van der Waals surface area contributed by atoms with Crippen LogP contribution in [0.3, 0.4) is 0 Å². The summed E-state index contributed by atoms with van der Waals surface area (Å²) in [5, 5.41) is 3.44. The highest BCUT2D eigenvalue weighted by molar-refractivity contribution is 9.11. The largest absolute Gasteiger partial charge is 0.310 e. The van der Waals surface area contributed by atoms with Crippen LogP contribution < -0.4 is 5.32 Å². The van der Waals surface area contributed by atoms with E-state index in [0.717, 1.165) is 20.0 Å². The van der Waals surface area contributed by atoms with Crippen LogP contribution in [0.25, 0.3) is 10.4 Å².